The van der Waals surface area contributed by atoms with Crippen LogP contribution in [0, 0.1) is 12.3 Å². The van der Waals surface area contributed by atoms with E-state index in [4.69, 9.17) is 5.41 Å². The van der Waals surface area contributed by atoms with E-state index in [0.29, 0.717) is 5.56 Å². The van der Waals surface area contributed by atoms with E-state index >= 15 is 0 Å². The molecule has 84 valence electrons. The van der Waals surface area contributed by atoms with Gasteiger partial charge in [-0.05, 0) is 19.9 Å². The van der Waals surface area contributed by atoms with Crippen molar-refractivity contribution in [2.45, 2.75) is 13.8 Å². The van der Waals surface area contributed by atoms with E-state index in [1.54, 1.807) is 13.0 Å². The number of nitrogens with one attached hydrogen (secondary N) is 2. The third kappa shape index (κ3) is 3.57. The number of hydrogen-bond acceptors (Lipinski definition) is 3. The normalized spacial score (nSPS) is 9.38. The summed E-state index contributed by atoms with van der Waals surface area (Å²) in [4.78, 5) is 11.2. The summed E-state index contributed by atoms with van der Waals surface area (Å²) in [5.41, 5.74) is 1.66. The highest BCUT2D eigenvalue weighted by molar-refractivity contribution is 6.04. The maximum absolute atomic E-state index is 11.2. The van der Waals surface area contributed by atoms with E-state index in [2.05, 4.69) is 16.6 Å². The molecule has 0 saturated heterocycles. The number of aryl methyl sites for hydroxylation is 1. The lowest BCUT2D eigenvalue weighted by Crippen LogP contribution is -2.30. The van der Waals surface area contributed by atoms with Gasteiger partial charge in [-0.2, -0.15) is 0 Å². The standard InChI is InChI=1S/C12H14N2O2/c1-8(2)16-12(15)14-11(13)10-6-4-5-9(3)7-10/h4-7H,1H2,2-3H3,(H2,13,14,15). The van der Waals surface area contributed by atoms with Gasteiger partial charge >= 0.3 is 6.09 Å². The summed E-state index contributed by atoms with van der Waals surface area (Å²) in [7, 11) is 0. The van der Waals surface area contributed by atoms with Crippen molar-refractivity contribution in [2.75, 3.05) is 0 Å². The predicted molar refractivity (Wildman–Crippen MR) is 62.4 cm³/mol. The van der Waals surface area contributed by atoms with Gasteiger partial charge in [0.1, 0.15) is 5.84 Å². The Kier molecular flexibility index (Phi) is 3.83. The van der Waals surface area contributed by atoms with Crippen molar-refractivity contribution in [1.82, 2.24) is 5.32 Å². The Bertz CT molecular complexity index is 438. The van der Waals surface area contributed by atoms with Crippen LogP contribution >= 0.6 is 0 Å². The highest BCUT2D eigenvalue weighted by atomic mass is 16.6. The molecular formula is C12H14N2O2. The SMILES string of the molecule is C=C(C)OC(=O)NC(=N)c1cccc(C)c1. The van der Waals surface area contributed by atoms with Crippen LogP contribution in [0.4, 0.5) is 4.79 Å². The first-order valence-electron chi connectivity index (χ1n) is 4.79. The Labute approximate surface area is 94.4 Å². The lowest BCUT2D eigenvalue weighted by molar-refractivity contribution is 0.182. The highest BCUT2D eigenvalue weighted by Gasteiger charge is 2.07. The molecule has 0 spiro atoms. The molecule has 0 saturated carbocycles. The monoisotopic (exact) mass is 218 g/mol. The highest BCUT2D eigenvalue weighted by Crippen LogP contribution is 2.03. The number of amides is 1. The van der Waals surface area contributed by atoms with Crippen molar-refractivity contribution in [3.05, 3.63) is 47.7 Å². The molecule has 16 heavy (non-hydrogen) atoms. The fourth-order valence-electron chi connectivity index (χ4n) is 1.16. The first kappa shape index (κ1) is 12.0. The maximum Gasteiger partial charge on any atom is 0.417 e. The minimum Gasteiger partial charge on any atom is -0.416 e. The van der Waals surface area contributed by atoms with Gasteiger partial charge in [-0.25, -0.2) is 4.79 Å². The van der Waals surface area contributed by atoms with Gasteiger partial charge < -0.3 is 4.74 Å². The van der Waals surface area contributed by atoms with Gasteiger partial charge in [-0.15, -0.1) is 0 Å². The van der Waals surface area contributed by atoms with E-state index in [1.807, 2.05) is 25.1 Å². The predicted octanol–water partition coefficient (Wildman–Crippen LogP) is 2.58. The lowest BCUT2D eigenvalue weighted by Gasteiger charge is -2.07. The molecule has 0 fully saturated rings. The van der Waals surface area contributed by atoms with Crippen LogP contribution < -0.4 is 5.32 Å². The van der Waals surface area contributed by atoms with Crippen molar-refractivity contribution < 1.29 is 9.53 Å². The minimum absolute atomic E-state index is 0.00921. The molecule has 1 aromatic carbocycles. The molecule has 0 aliphatic carbocycles. The van der Waals surface area contributed by atoms with Gasteiger partial charge in [0.05, 0.1) is 5.76 Å². The van der Waals surface area contributed by atoms with Crippen LogP contribution in [0.5, 0.6) is 0 Å². The van der Waals surface area contributed by atoms with Crippen molar-refractivity contribution in [3.63, 3.8) is 0 Å². The van der Waals surface area contributed by atoms with Crippen LogP contribution in [0.25, 0.3) is 0 Å². The zero-order valence-electron chi connectivity index (χ0n) is 9.33. The van der Waals surface area contributed by atoms with E-state index in [-0.39, 0.29) is 11.6 Å². The number of amidine groups is 1. The Morgan fingerprint density at radius 3 is 2.75 bits per heavy atom. The van der Waals surface area contributed by atoms with Crippen LogP contribution in [-0.2, 0) is 4.74 Å². The average molecular weight is 218 g/mol. The molecular weight excluding hydrogens is 204 g/mol. The molecule has 2 N–H and O–H groups in total. The number of alkyl carbamates (subject to hydrolysis) is 1. The number of benzene rings is 1. The van der Waals surface area contributed by atoms with E-state index < -0.39 is 6.09 Å². The van der Waals surface area contributed by atoms with Crippen LogP contribution in [0.3, 0.4) is 0 Å². The third-order valence-corrected chi connectivity index (χ3v) is 1.80. The van der Waals surface area contributed by atoms with Gasteiger partial charge in [0.2, 0.25) is 0 Å². The van der Waals surface area contributed by atoms with Gasteiger partial charge in [0.25, 0.3) is 0 Å². The summed E-state index contributed by atoms with van der Waals surface area (Å²) >= 11 is 0. The fourth-order valence-corrected chi connectivity index (χ4v) is 1.16. The topological polar surface area (TPSA) is 62.2 Å². The number of carbonyl (C=O) groups excluding carboxylic acids is 1. The lowest BCUT2D eigenvalue weighted by atomic mass is 10.1. The summed E-state index contributed by atoms with van der Waals surface area (Å²) in [5.74, 6) is 0.296. The van der Waals surface area contributed by atoms with Crippen LogP contribution in [-0.4, -0.2) is 11.9 Å². The third-order valence-electron chi connectivity index (χ3n) is 1.80. The molecule has 1 amide bonds. The van der Waals surface area contributed by atoms with Gasteiger partial charge in [-0.3, -0.25) is 10.7 Å². The van der Waals surface area contributed by atoms with Crippen LogP contribution in [0.2, 0.25) is 0 Å². The second-order valence-corrected chi connectivity index (χ2v) is 3.46. The van der Waals surface area contributed by atoms with Crippen LogP contribution in [0.1, 0.15) is 18.1 Å². The van der Waals surface area contributed by atoms with Crippen molar-refractivity contribution in [3.8, 4) is 0 Å². The number of hydrogen-bond donors (Lipinski definition) is 2. The summed E-state index contributed by atoms with van der Waals surface area (Å²) in [6.07, 6.45) is -0.695. The van der Waals surface area contributed by atoms with Crippen LogP contribution in [0.15, 0.2) is 36.6 Å². The van der Waals surface area contributed by atoms with Gasteiger partial charge in [0.15, 0.2) is 0 Å². The second-order valence-electron chi connectivity index (χ2n) is 3.46. The molecule has 0 aromatic heterocycles. The van der Waals surface area contributed by atoms with Gasteiger partial charge in [-0.1, -0.05) is 30.3 Å². The van der Waals surface area contributed by atoms with Crippen molar-refractivity contribution >= 4 is 11.9 Å². The molecule has 0 radical (unpaired) electrons. The first-order chi connectivity index (χ1) is 7.49. The Balaban J connectivity index is 2.66. The molecule has 4 heteroatoms. The van der Waals surface area contributed by atoms with E-state index in [1.165, 1.54) is 0 Å². The number of allylic oxidation sites excluding steroid dienone is 1. The molecule has 1 rings (SSSR count). The zero-order chi connectivity index (χ0) is 12.1. The molecule has 4 nitrogen and oxygen atoms in total. The quantitative estimate of drug-likeness (QED) is 0.455. The second kappa shape index (κ2) is 5.11. The maximum atomic E-state index is 11.2. The first-order valence-corrected chi connectivity index (χ1v) is 4.79. The molecule has 0 atom stereocenters. The summed E-state index contributed by atoms with van der Waals surface area (Å²) in [5, 5.41) is 9.98. The molecule has 0 unspecified atom stereocenters. The number of rotatable bonds is 2. The molecule has 0 aliphatic rings. The fraction of sp³-hybridized carbons (Fsp3) is 0.167. The Morgan fingerprint density at radius 1 is 1.50 bits per heavy atom. The number of carbonyl (C=O) groups is 1. The number of ether oxygens (including phenoxy) is 1. The van der Waals surface area contributed by atoms with E-state index in [9.17, 15) is 4.79 Å². The summed E-state index contributed by atoms with van der Waals surface area (Å²) in [6.45, 7) is 6.92. The van der Waals surface area contributed by atoms with Gasteiger partial charge in [0, 0.05) is 5.56 Å². The zero-order valence-corrected chi connectivity index (χ0v) is 9.33. The Hall–Kier alpha value is -2.10. The van der Waals surface area contributed by atoms with Crippen molar-refractivity contribution in [2.24, 2.45) is 0 Å². The molecule has 0 bridgehead atoms. The smallest absolute Gasteiger partial charge is 0.416 e. The summed E-state index contributed by atoms with van der Waals surface area (Å²) < 4.78 is 4.69. The minimum atomic E-state index is -0.695. The van der Waals surface area contributed by atoms with Crippen molar-refractivity contribution in [1.29, 1.82) is 5.41 Å². The molecule has 1 aromatic rings. The van der Waals surface area contributed by atoms with E-state index in [0.717, 1.165) is 5.56 Å². The summed E-state index contributed by atoms with van der Waals surface area (Å²) in [6, 6.07) is 7.30. The largest absolute Gasteiger partial charge is 0.417 e. The average Bonchev–Trinajstić information content (AvgIpc) is 2.16. The molecule has 0 heterocycles. The Morgan fingerprint density at radius 2 is 2.19 bits per heavy atom. The molecule has 0 aliphatic heterocycles.